The minimum absolute atomic E-state index is 0.657. The summed E-state index contributed by atoms with van der Waals surface area (Å²) in [5.74, 6) is 0. The van der Waals surface area contributed by atoms with Crippen molar-refractivity contribution in [2.75, 3.05) is 14.7 Å². The average Bonchev–Trinajstić information content (AvgIpc) is 3.32. The maximum Gasteiger partial charge on any atom is 0.0783 e. The number of rotatable bonds is 2. The minimum Gasteiger partial charge on any atom is -0.310 e. The van der Waals surface area contributed by atoms with Gasteiger partial charge in [0.05, 0.1) is 50.6 Å². The molecule has 0 N–H and O–H groups in total. The molecule has 0 radical (unpaired) electrons. The van der Waals surface area contributed by atoms with Crippen LogP contribution in [0.4, 0.5) is 51.2 Å². The third-order valence-electron chi connectivity index (χ3n) is 14.4. The molecule has 0 amide bonds. The summed E-state index contributed by atoms with van der Waals surface area (Å²) in [6, 6.07) is 76.1. The van der Waals surface area contributed by atoms with Crippen molar-refractivity contribution in [3.8, 4) is 0 Å². The van der Waals surface area contributed by atoms with Crippen LogP contribution >= 0.6 is 0 Å². The fourth-order valence-corrected chi connectivity index (χ4v) is 12.0. The molecule has 0 saturated heterocycles. The molecule has 9 aromatic carbocycles. The van der Waals surface area contributed by atoms with Gasteiger partial charge in [-0.3, -0.25) is 0 Å². The molecule has 3 nitrogen and oxygen atoms in total. The van der Waals surface area contributed by atoms with Crippen LogP contribution in [0.15, 0.2) is 200 Å². The minimum atomic E-state index is -0.657. The fraction of sp³-hybridized carbons (Fsp3) is 0.100. The van der Waals surface area contributed by atoms with Gasteiger partial charge < -0.3 is 14.7 Å². The van der Waals surface area contributed by atoms with Gasteiger partial charge in [-0.05, 0) is 133 Å². The van der Waals surface area contributed by atoms with Gasteiger partial charge in [0.15, 0.2) is 0 Å². The third kappa shape index (κ3) is 4.59. The van der Waals surface area contributed by atoms with Gasteiger partial charge in [-0.15, -0.1) is 0 Å². The Kier molecular flexibility index (Phi) is 7.42. The smallest absolute Gasteiger partial charge is 0.0783 e. The van der Waals surface area contributed by atoms with E-state index < -0.39 is 10.8 Å². The first-order chi connectivity index (χ1) is 30.9. The highest BCUT2D eigenvalue weighted by Gasteiger charge is 2.58. The number of fused-ring (bicyclic) bond motifs is 16. The Morgan fingerprint density at radius 1 is 0.254 bits per heavy atom. The molecule has 0 saturated carbocycles. The van der Waals surface area contributed by atoms with Gasteiger partial charge in [-0.2, -0.15) is 0 Å². The lowest BCUT2D eigenvalue weighted by Gasteiger charge is -2.56. The Morgan fingerprint density at radius 2 is 0.556 bits per heavy atom. The molecule has 3 heteroatoms. The molecular formula is C60H45N3. The van der Waals surface area contributed by atoms with Crippen LogP contribution in [0.1, 0.15) is 66.8 Å². The van der Waals surface area contributed by atoms with E-state index in [1.165, 1.54) is 107 Å². The summed E-state index contributed by atoms with van der Waals surface area (Å²) in [5, 5.41) is 0. The van der Waals surface area contributed by atoms with Gasteiger partial charge >= 0.3 is 0 Å². The molecule has 4 heterocycles. The topological polar surface area (TPSA) is 9.72 Å². The standard InChI is InChI=1S/C60H45N3/c1-38-26-30-54-48(34-38)59(49-35-39(2)27-31-55(49)61(54)42-16-7-5-8-17-42)44-20-11-13-24-52(44)63-53-25-14-12-21-45(53)60(47-23-15-22-46(59)58(47)63)50-36-40(3)28-32-56(50)62(43-18-9-6-10-19-43)57-33-29-41(4)37-51(57)60/h5-37H,1-4H3. The normalized spacial score (nSPS) is 15.1. The number of nitrogens with zero attached hydrogens (tertiary/aromatic N) is 3. The first-order valence-electron chi connectivity index (χ1n) is 22.2. The van der Waals surface area contributed by atoms with Crippen LogP contribution in [0.3, 0.4) is 0 Å². The van der Waals surface area contributed by atoms with Gasteiger partial charge in [0.1, 0.15) is 0 Å². The second-order valence-electron chi connectivity index (χ2n) is 18.0. The number of anilines is 9. The van der Waals surface area contributed by atoms with Crippen LogP contribution in [0.5, 0.6) is 0 Å². The molecule has 4 aliphatic rings. The SMILES string of the molecule is Cc1ccc2c(c1)C1(c3cc(C)ccc3N2c2ccccc2)c2ccccc2N2c3ccccc3C3(c4cc(C)ccc4N(c4ccccc4)c4ccc(C)cc43)c3cccc1c32. The third-order valence-corrected chi connectivity index (χ3v) is 14.4. The molecule has 9 aromatic rings. The van der Waals surface area contributed by atoms with Gasteiger partial charge in [-0.1, -0.05) is 162 Å². The average molecular weight is 808 g/mol. The molecule has 0 atom stereocenters. The largest absolute Gasteiger partial charge is 0.310 e. The predicted octanol–water partition coefficient (Wildman–Crippen LogP) is 15.3. The van der Waals surface area contributed by atoms with Crippen LogP contribution in [-0.4, -0.2) is 0 Å². The van der Waals surface area contributed by atoms with E-state index in [2.05, 4.69) is 243 Å². The lowest BCUT2D eigenvalue weighted by molar-refractivity contribution is 0.678. The summed E-state index contributed by atoms with van der Waals surface area (Å²) in [6.45, 7) is 8.99. The van der Waals surface area contributed by atoms with E-state index in [1.807, 2.05) is 0 Å². The quantitative estimate of drug-likeness (QED) is 0.172. The molecule has 300 valence electrons. The van der Waals surface area contributed by atoms with E-state index in [1.54, 1.807) is 0 Å². The van der Waals surface area contributed by atoms with Crippen molar-refractivity contribution < 1.29 is 0 Å². The van der Waals surface area contributed by atoms with E-state index >= 15 is 0 Å². The molecule has 4 aliphatic heterocycles. The summed E-state index contributed by atoms with van der Waals surface area (Å²) >= 11 is 0. The molecule has 0 aliphatic carbocycles. The van der Waals surface area contributed by atoms with Crippen LogP contribution in [0.25, 0.3) is 0 Å². The van der Waals surface area contributed by atoms with Crippen LogP contribution in [-0.2, 0) is 10.8 Å². The number of hydrogen-bond acceptors (Lipinski definition) is 3. The molecule has 13 rings (SSSR count). The van der Waals surface area contributed by atoms with Crippen molar-refractivity contribution in [2.24, 2.45) is 0 Å². The maximum absolute atomic E-state index is 2.62. The first kappa shape index (κ1) is 36.1. The monoisotopic (exact) mass is 807 g/mol. The lowest BCUT2D eigenvalue weighted by Crippen LogP contribution is -2.47. The van der Waals surface area contributed by atoms with Crippen molar-refractivity contribution >= 4 is 51.2 Å². The Hall–Kier alpha value is -7.62. The number of aryl methyl sites for hydroxylation is 4. The van der Waals surface area contributed by atoms with E-state index in [-0.39, 0.29) is 0 Å². The van der Waals surface area contributed by atoms with E-state index in [0.29, 0.717) is 0 Å². The molecule has 0 aromatic heterocycles. The van der Waals surface area contributed by atoms with Crippen molar-refractivity contribution in [3.05, 3.63) is 267 Å². The van der Waals surface area contributed by atoms with E-state index in [4.69, 9.17) is 0 Å². The summed E-state index contributed by atoms with van der Waals surface area (Å²) in [7, 11) is 0. The van der Waals surface area contributed by atoms with Gasteiger partial charge in [-0.25, -0.2) is 0 Å². The zero-order valence-electron chi connectivity index (χ0n) is 35.9. The van der Waals surface area contributed by atoms with Crippen molar-refractivity contribution in [2.45, 2.75) is 38.5 Å². The number of hydrogen-bond donors (Lipinski definition) is 0. The number of para-hydroxylation sites is 5. The Morgan fingerprint density at radius 3 is 0.921 bits per heavy atom. The van der Waals surface area contributed by atoms with E-state index in [9.17, 15) is 0 Å². The molecule has 2 spiro atoms. The second kappa shape index (κ2) is 13.0. The Balaban J connectivity index is 1.23. The maximum atomic E-state index is 2.62. The molecule has 0 unspecified atom stereocenters. The highest BCUT2D eigenvalue weighted by molar-refractivity contribution is 6.03. The zero-order valence-corrected chi connectivity index (χ0v) is 35.9. The summed E-state index contributed by atoms with van der Waals surface area (Å²) in [6.07, 6.45) is 0. The highest BCUT2D eigenvalue weighted by Crippen LogP contribution is 2.70. The van der Waals surface area contributed by atoms with Crippen molar-refractivity contribution in [1.29, 1.82) is 0 Å². The lowest BCUT2D eigenvalue weighted by atomic mass is 9.55. The highest BCUT2D eigenvalue weighted by atomic mass is 15.2. The molecule has 0 bridgehead atoms. The van der Waals surface area contributed by atoms with E-state index in [0.717, 1.165) is 11.4 Å². The van der Waals surface area contributed by atoms with Gasteiger partial charge in [0, 0.05) is 11.4 Å². The van der Waals surface area contributed by atoms with Crippen molar-refractivity contribution in [1.82, 2.24) is 0 Å². The first-order valence-corrected chi connectivity index (χ1v) is 22.2. The Labute approximate surface area is 369 Å². The summed E-state index contributed by atoms with van der Waals surface area (Å²) < 4.78 is 0. The van der Waals surface area contributed by atoms with Gasteiger partial charge in [0.2, 0.25) is 0 Å². The molecular weight excluding hydrogens is 763 g/mol. The zero-order chi connectivity index (χ0) is 42.2. The fourth-order valence-electron chi connectivity index (χ4n) is 12.0. The predicted molar refractivity (Wildman–Crippen MR) is 260 cm³/mol. The Bertz CT molecular complexity index is 3040. The summed E-state index contributed by atoms with van der Waals surface area (Å²) in [5.41, 5.74) is 24.8. The van der Waals surface area contributed by atoms with Gasteiger partial charge in [0.25, 0.3) is 0 Å². The van der Waals surface area contributed by atoms with Crippen LogP contribution in [0.2, 0.25) is 0 Å². The van der Waals surface area contributed by atoms with Crippen molar-refractivity contribution in [3.63, 3.8) is 0 Å². The second-order valence-corrected chi connectivity index (χ2v) is 18.0. The number of benzene rings is 9. The van der Waals surface area contributed by atoms with Crippen LogP contribution < -0.4 is 14.7 Å². The molecule has 63 heavy (non-hydrogen) atoms. The summed E-state index contributed by atoms with van der Waals surface area (Å²) in [4.78, 5) is 7.61. The molecule has 0 fully saturated rings. The van der Waals surface area contributed by atoms with Crippen LogP contribution in [0, 0.1) is 27.7 Å².